The molecule has 140 valence electrons. The lowest BCUT2D eigenvalue weighted by Gasteiger charge is -2.09. The van der Waals surface area contributed by atoms with Crippen LogP contribution < -0.4 is 16.2 Å². The van der Waals surface area contributed by atoms with Crippen LogP contribution in [0.4, 0.5) is 0 Å². The van der Waals surface area contributed by atoms with Crippen molar-refractivity contribution >= 4 is 17.2 Å². The minimum absolute atomic E-state index is 0.0110. The van der Waals surface area contributed by atoms with Crippen LogP contribution in [0.5, 0.6) is 5.75 Å². The molecule has 4 rings (SSSR count). The highest BCUT2D eigenvalue weighted by Crippen LogP contribution is 2.43. The number of thiophene rings is 1. The molecule has 1 aliphatic heterocycles. The molecule has 7 nitrogen and oxygen atoms in total. The van der Waals surface area contributed by atoms with Gasteiger partial charge in [0.05, 0.1) is 11.5 Å². The second-order valence-corrected chi connectivity index (χ2v) is 7.88. The lowest BCUT2D eigenvalue weighted by atomic mass is 10.1. The van der Waals surface area contributed by atoms with Crippen molar-refractivity contribution in [2.75, 3.05) is 6.61 Å². The van der Waals surface area contributed by atoms with Crippen LogP contribution >= 0.6 is 11.3 Å². The third-order valence-corrected chi connectivity index (χ3v) is 5.85. The number of carbonyl (C=O) groups is 1. The van der Waals surface area contributed by atoms with Crippen LogP contribution in [0.3, 0.4) is 0 Å². The van der Waals surface area contributed by atoms with Gasteiger partial charge in [0.25, 0.3) is 0 Å². The van der Waals surface area contributed by atoms with E-state index in [9.17, 15) is 9.59 Å². The van der Waals surface area contributed by atoms with Gasteiger partial charge in [-0.1, -0.05) is 0 Å². The largest absolute Gasteiger partial charge is 0.493 e. The molecule has 0 aliphatic carbocycles. The Morgan fingerprint density at radius 1 is 1.33 bits per heavy atom. The Hall–Kier alpha value is -2.87. The van der Waals surface area contributed by atoms with Crippen molar-refractivity contribution in [1.82, 2.24) is 14.3 Å². The molecule has 8 heteroatoms. The quantitative estimate of drug-likeness (QED) is 0.751. The molecule has 0 fully saturated rings. The first-order chi connectivity index (χ1) is 12.9. The van der Waals surface area contributed by atoms with E-state index in [1.54, 1.807) is 35.1 Å². The molecule has 1 aromatic carbocycles. The second kappa shape index (κ2) is 6.38. The highest BCUT2D eigenvalue weighted by atomic mass is 32.1. The summed E-state index contributed by atoms with van der Waals surface area (Å²) in [5.74, 6) is 0.847. The molecule has 2 aromatic heterocycles. The average Bonchev–Trinajstić information content (AvgIpc) is 3.11. The van der Waals surface area contributed by atoms with E-state index in [1.807, 2.05) is 19.9 Å². The van der Waals surface area contributed by atoms with Gasteiger partial charge in [0, 0.05) is 35.5 Å². The van der Waals surface area contributed by atoms with Crippen LogP contribution in [0, 0.1) is 0 Å². The third kappa shape index (κ3) is 2.86. The predicted molar refractivity (Wildman–Crippen MR) is 104 cm³/mol. The number of aryl methyl sites for hydroxylation is 1. The first-order valence-corrected chi connectivity index (χ1v) is 9.54. The van der Waals surface area contributed by atoms with E-state index >= 15 is 0 Å². The standard InChI is InChI=1S/C19H20N4O3S/c1-10(2)23-18(21-22(3)19(23)25)15-9-11-6-7-26-14-8-12(17(20)24)4-5-13(14)16(11)27-15/h4-5,8-10H,6-7H2,1-3H3,(H2,20,24). The minimum Gasteiger partial charge on any atom is -0.493 e. The predicted octanol–water partition coefficient (Wildman–Crippen LogP) is 2.59. The topological polar surface area (TPSA) is 92.1 Å². The Kier molecular flexibility index (Phi) is 4.15. The highest BCUT2D eigenvalue weighted by molar-refractivity contribution is 7.19. The zero-order valence-corrected chi connectivity index (χ0v) is 16.2. The molecule has 0 radical (unpaired) electrons. The number of ether oxygens (including phenoxy) is 1. The number of hydrogen-bond donors (Lipinski definition) is 1. The van der Waals surface area contributed by atoms with Crippen LogP contribution in [0.15, 0.2) is 29.1 Å². The molecule has 0 atom stereocenters. The monoisotopic (exact) mass is 384 g/mol. The highest BCUT2D eigenvalue weighted by Gasteiger charge is 2.23. The first-order valence-electron chi connectivity index (χ1n) is 8.72. The molecule has 3 aromatic rings. The summed E-state index contributed by atoms with van der Waals surface area (Å²) in [6.07, 6.45) is 0.741. The van der Waals surface area contributed by atoms with Crippen molar-refractivity contribution in [3.63, 3.8) is 0 Å². The second-order valence-electron chi connectivity index (χ2n) is 6.83. The molecular weight excluding hydrogens is 364 g/mol. The number of aromatic nitrogens is 3. The van der Waals surface area contributed by atoms with Crippen LogP contribution in [-0.2, 0) is 13.5 Å². The van der Waals surface area contributed by atoms with Crippen molar-refractivity contribution in [3.8, 4) is 26.9 Å². The summed E-state index contributed by atoms with van der Waals surface area (Å²) in [5, 5.41) is 4.45. The molecule has 1 amide bonds. The van der Waals surface area contributed by atoms with Gasteiger partial charge in [0.1, 0.15) is 5.75 Å². The van der Waals surface area contributed by atoms with E-state index < -0.39 is 5.91 Å². The van der Waals surface area contributed by atoms with Gasteiger partial charge in [-0.3, -0.25) is 9.36 Å². The summed E-state index contributed by atoms with van der Waals surface area (Å²) < 4.78 is 8.91. The van der Waals surface area contributed by atoms with Gasteiger partial charge in [-0.2, -0.15) is 0 Å². The van der Waals surface area contributed by atoms with Crippen molar-refractivity contribution in [1.29, 1.82) is 0 Å². The maximum Gasteiger partial charge on any atom is 0.346 e. The number of amides is 1. The molecule has 27 heavy (non-hydrogen) atoms. The molecule has 2 N–H and O–H groups in total. The van der Waals surface area contributed by atoms with E-state index in [2.05, 4.69) is 11.2 Å². The maximum absolute atomic E-state index is 12.4. The van der Waals surface area contributed by atoms with Crippen molar-refractivity contribution in [2.24, 2.45) is 12.8 Å². The smallest absolute Gasteiger partial charge is 0.346 e. The van der Waals surface area contributed by atoms with E-state index in [-0.39, 0.29) is 11.7 Å². The Morgan fingerprint density at radius 2 is 2.11 bits per heavy atom. The molecule has 0 unspecified atom stereocenters. The SMILES string of the molecule is CC(C)n1c(-c2cc3c(s2)-c2ccc(C(N)=O)cc2OCC3)nn(C)c1=O. The zero-order chi connectivity index (χ0) is 19.3. The number of carbonyl (C=O) groups excluding carboxylic acids is 1. The van der Waals surface area contributed by atoms with Crippen molar-refractivity contribution in [3.05, 3.63) is 45.9 Å². The summed E-state index contributed by atoms with van der Waals surface area (Å²) in [7, 11) is 1.66. The van der Waals surface area contributed by atoms with E-state index in [0.29, 0.717) is 23.7 Å². The van der Waals surface area contributed by atoms with Crippen molar-refractivity contribution < 1.29 is 9.53 Å². The van der Waals surface area contributed by atoms with Gasteiger partial charge in [-0.05, 0) is 43.7 Å². The Morgan fingerprint density at radius 3 is 2.81 bits per heavy atom. The van der Waals surface area contributed by atoms with Gasteiger partial charge < -0.3 is 10.5 Å². The van der Waals surface area contributed by atoms with Gasteiger partial charge in [-0.25, -0.2) is 9.48 Å². The number of rotatable bonds is 3. The van der Waals surface area contributed by atoms with Crippen LogP contribution in [0.1, 0.15) is 35.8 Å². The van der Waals surface area contributed by atoms with E-state index in [4.69, 9.17) is 10.5 Å². The average molecular weight is 384 g/mol. The fourth-order valence-corrected chi connectivity index (χ4v) is 4.54. The Labute approximate surface area is 160 Å². The number of fused-ring (bicyclic) bond motifs is 3. The van der Waals surface area contributed by atoms with Gasteiger partial charge >= 0.3 is 5.69 Å². The number of nitrogens with two attached hydrogens (primary N) is 1. The fourth-order valence-electron chi connectivity index (χ4n) is 3.32. The molecule has 0 saturated heterocycles. The Bertz CT molecular complexity index is 1110. The van der Waals surface area contributed by atoms with Gasteiger partial charge in [-0.15, -0.1) is 16.4 Å². The normalized spacial score (nSPS) is 13.0. The molecule has 1 aliphatic rings. The molecular formula is C19H20N4O3S. The third-order valence-electron chi connectivity index (χ3n) is 4.64. The lowest BCUT2D eigenvalue weighted by molar-refractivity contribution is 0.1000. The fraction of sp³-hybridized carbons (Fsp3) is 0.316. The number of benzene rings is 1. The maximum atomic E-state index is 12.4. The molecule has 3 heterocycles. The first kappa shape index (κ1) is 17.5. The van der Waals surface area contributed by atoms with E-state index in [0.717, 1.165) is 27.3 Å². The summed E-state index contributed by atoms with van der Waals surface area (Å²) in [5.41, 5.74) is 7.76. The van der Waals surface area contributed by atoms with Gasteiger partial charge in [0.2, 0.25) is 5.91 Å². The van der Waals surface area contributed by atoms with Crippen LogP contribution in [0.25, 0.3) is 21.1 Å². The molecule has 0 spiro atoms. The summed E-state index contributed by atoms with van der Waals surface area (Å²) in [6.45, 7) is 4.46. The number of hydrogen-bond acceptors (Lipinski definition) is 5. The summed E-state index contributed by atoms with van der Waals surface area (Å²) in [4.78, 5) is 25.9. The lowest BCUT2D eigenvalue weighted by Crippen LogP contribution is -2.24. The summed E-state index contributed by atoms with van der Waals surface area (Å²) in [6, 6.07) is 7.37. The number of nitrogens with zero attached hydrogens (tertiary/aromatic N) is 3. The van der Waals surface area contributed by atoms with Crippen LogP contribution in [-0.4, -0.2) is 26.9 Å². The minimum atomic E-state index is -0.479. The van der Waals surface area contributed by atoms with Gasteiger partial charge in [0.15, 0.2) is 5.82 Å². The molecule has 0 bridgehead atoms. The number of primary amides is 1. The molecule has 0 saturated carbocycles. The Balaban J connectivity index is 1.88. The zero-order valence-electron chi connectivity index (χ0n) is 15.4. The van der Waals surface area contributed by atoms with Crippen molar-refractivity contribution in [2.45, 2.75) is 26.3 Å². The summed E-state index contributed by atoms with van der Waals surface area (Å²) >= 11 is 1.58. The van der Waals surface area contributed by atoms with E-state index in [1.165, 1.54) is 4.68 Å². The van der Waals surface area contributed by atoms with Crippen LogP contribution in [0.2, 0.25) is 0 Å².